The molecule has 1 saturated heterocycles. The average molecular weight is 221 g/mol. The van der Waals surface area contributed by atoms with Crippen LogP contribution in [0.2, 0.25) is 0 Å². The third-order valence-electron chi connectivity index (χ3n) is 3.50. The van der Waals surface area contributed by atoms with Crippen molar-refractivity contribution in [1.82, 2.24) is 15.1 Å². The van der Waals surface area contributed by atoms with E-state index < -0.39 is 0 Å². The van der Waals surface area contributed by atoms with Crippen LogP contribution in [0.4, 0.5) is 0 Å². The van der Waals surface area contributed by atoms with Gasteiger partial charge < -0.3 is 5.32 Å². The quantitative estimate of drug-likeness (QED) is 0.843. The van der Waals surface area contributed by atoms with Crippen molar-refractivity contribution < 1.29 is 0 Å². The molecule has 0 bridgehead atoms. The lowest BCUT2D eigenvalue weighted by Crippen LogP contribution is -2.34. The van der Waals surface area contributed by atoms with Crippen LogP contribution in [0.5, 0.6) is 0 Å². The first-order chi connectivity index (χ1) is 7.79. The van der Waals surface area contributed by atoms with Gasteiger partial charge in [0.05, 0.1) is 5.69 Å². The maximum Gasteiger partial charge on any atom is 0.0653 e. The van der Waals surface area contributed by atoms with E-state index >= 15 is 0 Å². The van der Waals surface area contributed by atoms with Gasteiger partial charge in [0.15, 0.2) is 0 Å². The molecule has 1 N–H and O–H groups in total. The van der Waals surface area contributed by atoms with Gasteiger partial charge in [0, 0.05) is 19.3 Å². The molecule has 1 fully saturated rings. The van der Waals surface area contributed by atoms with E-state index in [1.54, 1.807) is 0 Å². The summed E-state index contributed by atoms with van der Waals surface area (Å²) in [5, 5.41) is 8.10. The van der Waals surface area contributed by atoms with Gasteiger partial charge in [-0.25, -0.2) is 0 Å². The number of hydrogen-bond acceptors (Lipinski definition) is 2. The first kappa shape index (κ1) is 11.6. The highest BCUT2D eigenvalue weighted by Crippen LogP contribution is 2.15. The fourth-order valence-electron chi connectivity index (χ4n) is 2.59. The van der Waals surface area contributed by atoms with Gasteiger partial charge in [0.1, 0.15) is 0 Å². The van der Waals surface area contributed by atoms with Crippen molar-refractivity contribution in [1.29, 1.82) is 0 Å². The molecule has 0 aromatic carbocycles. The van der Waals surface area contributed by atoms with Crippen LogP contribution in [0.15, 0.2) is 6.20 Å². The topological polar surface area (TPSA) is 29.9 Å². The lowest BCUT2D eigenvalue weighted by Gasteiger charge is -2.23. The lowest BCUT2D eigenvalue weighted by molar-refractivity contribution is 0.382. The smallest absolute Gasteiger partial charge is 0.0653 e. The zero-order valence-corrected chi connectivity index (χ0v) is 10.5. The van der Waals surface area contributed by atoms with Gasteiger partial charge in [-0.1, -0.05) is 13.3 Å². The second-order valence-corrected chi connectivity index (χ2v) is 4.81. The van der Waals surface area contributed by atoms with Gasteiger partial charge in [0.2, 0.25) is 0 Å². The Labute approximate surface area is 98.2 Å². The molecule has 2 rings (SSSR count). The summed E-state index contributed by atoms with van der Waals surface area (Å²) in [7, 11) is 2.02. The van der Waals surface area contributed by atoms with Crippen molar-refractivity contribution in [3.63, 3.8) is 0 Å². The summed E-state index contributed by atoms with van der Waals surface area (Å²) in [4.78, 5) is 0. The number of nitrogens with zero attached hydrogens (tertiary/aromatic N) is 2. The summed E-state index contributed by atoms with van der Waals surface area (Å²) in [5.74, 6) is 0. The van der Waals surface area contributed by atoms with E-state index in [2.05, 4.69) is 23.5 Å². The third-order valence-corrected chi connectivity index (χ3v) is 3.50. The molecule has 1 aromatic heterocycles. The number of hydrogen-bond donors (Lipinski definition) is 1. The molecule has 0 saturated carbocycles. The minimum absolute atomic E-state index is 0.735. The van der Waals surface area contributed by atoms with Crippen molar-refractivity contribution in [3.8, 4) is 0 Å². The molecule has 1 aliphatic heterocycles. The molecule has 1 atom stereocenters. The van der Waals surface area contributed by atoms with Crippen LogP contribution in [0.25, 0.3) is 0 Å². The fraction of sp³-hybridized carbons (Fsp3) is 0.769. The summed E-state index contributed by atoms with van der Waals surface area (Å²) in [6.07, 6.45) is 9.76. The second-order valence-electron chi connectivity index (χ2n) is 4.81. The lowest BCUT2D eigenvalue weighted by atomic mass is 9.98. The van der Waals surface area contributed by atoms with Gasteiger partial charge in [-0.05, 0) is 44.2 Å². The Kier molecular flexibility index (Phi) is 3.99. The highest BCUT2D eigenvalue weighted by atomic mass is 15.2. The molecule has 0 spiro atoms. The van der Waals surface area contributed by atoms with Gasteiger partial charge >= 0.3 is 0 Å². The van der Waals surface area contributed by atoms with E-state index in [1.807, 2.05) is 11.7 Å². The molecule has 0 amide bonds. The Morgan fingerprint density at radius 2 is 2.38 bits per heavy atom. The zero-order valence-electron chi connectivity index (χ0n) is 10.5. The maximum absolute atomic E-state index is 4.49. The Morgan fingerprint density at radius 1 is 1.50 bits per heavy atom. The molecular weight excluding hydrogens is 198 g/mol. The summed E-state index contributed by atoms with van der Waals surface area (Å²) < 4.78 is 1.95. The molecule has 0 radical (unpaired) electrons. The predicted molar refractivity (Wildman–Crippen MR) is 66.5 cm³/mol. The standard InChI is InChI=1S/C13H23N3/c1-3-13-11(10-16(2)15-13)7-8-12-6-4-5-9-14-12/h10,12,14H,3-9H2,1-2H3. The molecule has 1 aliphatic rings. The summed E-state index contributed by atoms with van der Waals surface area (Å²) >= 11 is 0. The predicted octanol–water partition coefficient (Wildman–Crippen LogP) is 2.06. The van der Waals surface area contributed by atoms with Crippen LogP contribution in [0, 0.1) is 0 Å². The van der Waals surface area contributed by atoms with Crippen molar-refractivity contribution in [2.24, 2.45) is 7.05 Å². The van der Waals surface area contributed by atoms with Gasteiger partial charge in [-0.15, -0.1) is 0 Å². The van der Waals surface area contributed by atoms with E-state index in [1.165, 1.54) is 49.9 Å². The van der Waals surface area contributed by atoms with Crippen molar-refractivity contribution in [3.05, 3.63) is 17.5 Å². The average Bonchev–Trinajstić information content (AvgIpc) is 2.68. The second kappa shape index (κ2) is 5.48. The number of piperidine rings is 1. The highest BCUT2D eigenvalue weighted by molar-refractivity contribution is 5.17. The number of aryl methyl sites for hydroxylation is 3. The molecule has 16 heavy (non-hydrogen) atoms. The summed E-state index contributed by atoms with van der Waals surface area (Å²) in [6.45, 7) is 3.39. The maximum atomic E-state index is 4.49. The summed E-state index contributed by atoms with van der Waals surface area (Å²) in [6, 6.07) is 0.735. The molecule has 0 aliphatic carbocycles. The molecular formula is C13H23N3. The molecule has 1 unspecified atom stereocenters. The normalized spacial score (nSPS) is 21.2. The third kappa shape index (κ3) is 2.85. The molecule has 2 heterocycles. The Hall–Kier alpha value is -0.830. The first-order valence-electron chi connectivity index (χ1n) is 6.54. The zero-order chi connectivity index (χ0) is 11.4. The number of rotatable bonds is 4. The molecule has 90 valence electrons. The number of nitrogens with one attached hydrogen (secondary N) is 1. The molecule has 3 nitrogen and oxygen atoms in total. The number of aromatic nitrogens is 2. The van der Waals surface area contributed by atoms with Crippen molar-refractivity contribution >= 4 is 0 Å². The van der Waals surface area contributed by atoms with Crippen LogP contribution in [-0.4, -0.2) is 22.4 Å². The minimum Gasteiger partial charge on any atom is -0.314 e. The van der Waals surface area contributed by atoms with E-state index in [0.717, 1.165) is 12.5 Å². The van der Waals surface area contributed by atoms with E-state index in [9.17, 15) is 0 Å². The van der Waals surface area contributed by atoms with Crippen molar-refractivity contribution in [2.45, 2.75) is 51.5 Å². The largest absolute Gasteiger partial charge is 0.314 e. The fourth-order valence-corrected chi connectivity index (χ4v) is 2.59. The SMILES string of the molecule is CCc1nn(C)cc1CCC1CCCCN1. The monoisotopic (exact) mass is 221 g/mol. The van der Waals surface area contributed by atoms with Gasteiger partial charge in [-0.2, -0.15) is 5.10 Å². The van der Waals surface area contributed by atoms with Gasteiger partial charge in [-0.3, -0.25) is 4.68 Å². The van der Waals surface area contributed by atoms with Crippen LogP contribution >= 0.6 is 0 Å². The van der Waals surface area contributed by atoms with Crippen LogP contribution in [-0.2, 0) is 19.9 Å². The van der Waals surface area contributed by atoms with Crippen LogP contribution in [0.1, 0.15) is 43.9 Å². The Balaban J connectivity index is 1.87. The highest BCUT2D eigenvalue weighted by Gasteiger charge is 2.13. The molecule has 3 heteroatoms. The first-order valence-corrected chi connectivity index (χ1v) is 6.54. The van der Waals surface area contributed by atoms with E-state index in [4.69, 9.17) is 0 Å². The van der Waals surface area contributed by atoms with E-state index in [-0.39, 0.29) is 0 Å². The summed E-state index contributed by atoms with van der Waals surface area (Å²) in [5.41, 5.74) is 2.72. The Morgan fingerprint density at radius 3 is 3.06 bits per heavy atom. The van der Waals surface area contributed by atoms with Crippen LogP contribution < -0.4 is 5.32 Å². The Bertz CT molecular complexity index is 324. The van der Waals surface area contributed by atoms with Crippen LogP contribution in [0.3, 0.4) is 0 Å². The molecule has 1 aromatic rings. The minimum atomic E-state index is 0.735. The van der Waals surface area contributed by atoms with Gasteiger partial charge in [0.25, 0.3) is 0 Å². The van der Waals surface area contributed by atoms with Crippen molar-refractivity contribution in [2.75, 3.05) is 6.54 Å². The van der Waals surface area contributed by atoms with E-state index in [0.29, 0.717) is 0 Å².